The van der Waals surface area contributed by atoms with Crippen LogP contribution in [0.3, 0.4) is 0 Å². The summed E-state index contributed by atoms with van der Waals surface area (Å²) in [6, 6.07) is 60.1. The number of Topliss-reactive ketones (excluding diaryl/α,β-unsaturated/α-hetero) is 1. The molecule has 0 heterocycles. The Balaban J connectivity index is 0.000000200. The molecule has 2 aliphatic rings. The highest BCUT2D eigenvalue weighted by Crippen LogP contribution is 2.43. The number of nitrogens with zero attached hydrogens (tertiary/aromatic N) is 1. The van der Waals surface area contributed by atoms with Gasteiger partial charge >= 0.3 is 43.1 Å². The van der Waals surface area contributed by atoms with E-state index in [0.29, 0.717) is 36.8 Å². The van der Waals surface area contributed by atoms with Crippen LogP contribution in [0.1, 0.15) is 59.1 Å². The van der Waals surface area contributed by atoms with Crippen LogP contribution in [-0.2, 0) is 33.5 Å². The van der Waals surface area contributed by atoms with E-state index in [4.69, 9.17) is 0 Å². The molecule has 9 aromatic carbocycles. The Kier molecular flexibility index (Phi) is 22.7. The van der Waals surface area contributed by atoms with E-state index in [1.54, 1.807) is 91.0 Å². The van der Waals surface area contributed by atoms with E-state index in [0.717, 1.165) is 48.5 Å². The number of carbonyl (C=O) groups is 4. The van der Waals surface area contributed by atoms with E-state index >= 15 is 4.39 Å². The summed E-state index contributed by atoms with van der Waals surface area (Å²) in [5, 5.41) is 30.3. The third-order valence-corrected chi connectivity index (χ3v) is 17.0. The number of aliphatic carboxylic acids is 1. The van der Waals surface area contributed by atoms with Crippen molar-refractivity contribution in [3.8, 4) is 28.7 Å². The van der Waals surface area contributed by atoms with Gasteiger partial charge in [0.25, 0.3) is 0 Å². The van der Waals surface area contributed by atoms with Gasteiger partial charge in [0.05, 0.1) is 11.1 Å². The van der Waals surface area contributed by atoms with Gasteiger partial charge in [-0.25, -0.2) is 31.9 Å². The number of carbonyl (C=O) groups excluding carboxylic acids is 3. The zero-order valence-corrected chi connectivity index (χ0v) is 52.6. The van der Waals surface area contributed by atoms with Gasteiger partial charge in [0, 0.05) is 30.3 Å². The monoisotopic (exact) mass is 1390 g/mol. The van der Waals surface area contributed by atoms with Crippen molar-refractivity contribution in [1.29, 1.82) is 5.26 Å². The molecule has 2 aliphatic carbocycles. The third kappa shape index (κ3) is 18.4. The van der Waals surface area contributed by atoms with E-state index in [-0.39, 0.29) is 66.1 Å². The van der Waals surface area contributed by atoms with Gasteiger partial charge in [0.1, 0.15) is 57.2 Å². The van der Waals surface area contributed by atoms with Gasteiger partial charge in [0.2, 0.25) is 5.78 Å². The van der Waals surface area contributed by atoms with Crippen LogP contribution >= 0.6 is 8.20 Å². The van der Waals surface area contributed by atoms with Crippen molar-refractivity contribution in [2.24, 2.45) is 0 Å². The number of benzene rings is 9. The largest absolute Gasteiger partial charge is 0.480 e. The van der Waals surface area contributed by atoms with Crippen molar-refractivity contribution in [2.75, 3.05) is 0 Å². The molecule has 510 valence electrons. The number of ketones is 1. The molecule has 2 atom stereocenters. The second kappa shape index (κ2) is 31.1. The van der Waals surface area contributed by atoms with Crippen molar-refractivity contribution in [2.45, 2.75) is 85.7 Å². The average Bonchev–Trinajstić information content (AvgIpc) is 1.56. The van der Waals surface area contributed by atoms with Gasteiger partial charge in [-0.3, -0.25) is 4.79 Å². The quantitative estimate of drug-likeness (QED) is 0.0310. The highest BCUT2D eigenvalue weighted by molar-refractivity contribution is 7.52. The Hall–Kier alpha value is -10.9. The Morgan fingerprint density at radius 3 is 1.14 bits per heavy atom. The van der Waals surface area contributed by atoms with Crippen molar-refractivity contribution >= 4 is 42.6 Å². The lowest BCUT2D eigenvalue weighted by Crippen LogP contribution is -2.56. The molecule has 0 saturated heterocycles. The van der Waals surface area contributed by atoms with E-state index in [1.807, 2.05) is 18.2 Å². The summed E-state index contributed by atoms with van der Waals surface area (Å²) in [4.78, 5) is 52.3. The standard InChI is InChI=1S/C35H26F6N3O3P.C27H22F6N2O4.C12H10/c36-25-13-11-23(12-14-25)34(20-22-7-3-1-4-8-22,24-17-26(37)19-27(18-24)47-35(40,41)31(38)39)44-32(46)43-33(15-16-33)30(45)29(21-42)48-28-9-5-2-6-10-28;28-19-8-6-17(7-9-19)26(15-16-4-2-1-3-5-16,35-24(38)34-25(10-11-25)23(36)37)18-12-20(29)14-21(13-18)39-27(32,33)22(30)31;1-3-7-11(8-4-1)12-9-5-2-6-10-12/h1-14,17-19,31H,15-16,20H2,(H2,43,44,46);1-9,12-14,22H,10-11,15H2,(H,36,37)(H2,34,35,38);1-10H/t34-;26-;/m11./s1. The first-order valence-corrected chi connectivity index (χ1v) is 31.1. The predicted molar refractivity (Wildman–Crippen MR) is 346 cm³/mol. The minimum atomic E-state index is -4.97. The molecule has 12 nitrogen and oxygen atoms in total. The van der Waals surface area contributed by atoms with Gasteiger partial charge in [-0.1, -0.05) is 176 Å². The molecular formula is C74H58F12N5O7P. The molecule has 0 unspecified atom stereocenters. The van der Waals surface area contributed by atoms with Crippen LogP contribution in [0, 0.1) is 34.6 Å². The number of hydrogen-bond donors (Lipinski definition) is 5. The van der Waals surface area contributed by atoms with Crippen LogP contribution in [0.15, 0.2) is 237 Å². The van der Waals surface area contributed by atoms with Crippen LogP contribution in [0.2, 0.25) is 0 Å². The van der Waals surface area contributed by atoms with Gasteiger partial charge in [-0.15, -0.1) is 0 Å². The summed E-state index contributed by atoms with van der Waals surface area (Å²) < 4.78 is 173. The predicted octanol–water partition coefficient (Wildman–Crippen LogP) is 16.0. The summed E-state index contributed by atoms with van der Waals surface area (Å²) >= 11 is 0. The molecule has 2 saturated carbocycles. The summed E-state index contributed by atoms with van der Waals surface area (Å²) in [7, 11) is 0.334. The minimum absolute atomic E-state index is 0.111. The van der Waals surface area contributed by atoms with Gasteiger partial charge in [-0.2, -0.15) is 40.4 Å². The number of nitriles is 1. The van der Waals surface area contributed by atoms with Gasteiger partial charge in [-0.05, 0) is 127 Å². The Labute approximate surface area is 561 Å². The maximum atomic E-state index is 15.1. The van der Waals surface area contributed by atoms with E-state index in [9.17, 15) is 77.8 Å². The van der Waals surface area contributed by atoms with E-state index in [1.165, 1.54) is 35.4 Å². The molecule has 99 heavy (non-hydrogen) atoms. The number of carboxylic acids is 1. The maximum Gasteiger partial charge on any atom is 0.461 e. The summed E-state index contributed by atoms with van der Waals surface area (Å²) in [6.45, 7) is 0. The number of urea groups is 2. The molecular weight excluding hydrogens is 1330 g/mol. The maximum absolute atomic E-state index is 15.1. The fraction of sp³-hybridized carbons (Fsp3) is 0.189. The first-order chi connectivity index (χ1) is 47.2. The topological polar surface area (TPSA) is 179 Å². The zero-order valence-electron chi connectivity index (χ0n) is 51.7. The lowest BCUT2D eigenvalue weighted by molar-refractivity contribution is -0.253. The Morgan fingerprint density at radius 1 is 0.465 bits per heavy atom. The van der Waals surface area contributed by atoms with Crippen LogP contribution in [0.4, 0.5) is 62.3 Å². The lowest BCUT2D eigenvalue weighted by Gasteiger charge is -2.37. The van der Waals surface area contributed by atoms with Gasteiger partial charge < -0.3 is 35.8 Å². The molecule has 2 fully saturated rings. The van der Waals surface area contributed by atoms with Crippen LogP contribution < -0.4 is 36.0 Å². The number of rotatable bonds is 23. The highest BCUT2D eigenvalue weighted by Gasteiger charge is 2.55. The Morgan fingerprint density at radius 2 is 0.808 bits per heavy atom. The second-order valence-electron chi connectivity index (χ2n) is 23.0. The van der Waals surface area contributed by atoms with E-state index < -0.39 is 106 Å². The zero-order chi connectivity index (χ0) is 71.2. The number of halogens is 12. The lowest BCUT2D eigenvalue weighted by atomic mass is 9.77. The molecule has 11 rings (SSSR count). The molecule has 25 heteroatoms. The molecule has 0 radical (unpaired) electrons. The number of alkyl halides is 8. The fourth-order valence-corrected chi connectivity index (χ4v) is 11.7. The SMILES string of the molecule is N#CC(=Pc1ccccc1)C(=O)C1(NC(=O)N[C@](Cc2ccccc2)(c2ccc(F)cc2)c2cc(F)cc(OC(F)(F)C(F)F)c2)CC1.O=C(NC1(C(=O)O)CC1)N[C@](Cc1ccccc1)(c1ccc(F)cc1)c1cc(F)cc(OC(F)(F)C(F)F)c1.c1ccc(-c2ccccc2)cc1. The fourth-order valence-electron chi connectivity index (χ4n) is 10.7. The normalized spacial score (nSPS) is 14.7. The molecule has 0 spiro atoms. The highest BCUT2D eigenvalue weighted by atomic mass is 31.1. The minimum Gasteiger partial charge on any atom is -0.480 e. The number of ether oxygens (including phenoxy) is 2. The molecule has 0 bridgehead atoms. The van der Waals surface area contributed by atoms with Crippen LogP contribution in [0.25, 0.3) is 11.1 Å². The van der Waals surface area contributed by atoms with Crippen LogP contribution in [0.5, 0.6) is 11.5 Å². The first-order valence-electron chi connectivity index (χ1n) is 30.2. The summed E-state index contributed by atoms with van der Waals surface area (Å²) in [6.07, 6.45) is -18.0. The summed E-state index contributed by atoms with van der Waals surface area (Å²) in [5.74, 6) is -7.41. The molecule has 9 aromatic rings. The molecule has 0 aromatic heterocycles. The smallest absolute Gasteiger partial charge is 0.461 e. The third-order valence-electron chi connectivity index (χ3n) is 15.9. The molecule has 0 aliphatic heterocycles. The number of hydrogen-bond acceptors (Lipinski definition) is 7. The summed E-state index contributed by atoms with van der Waals surface area (Å²) in [5.41, 5.74) is -3.15. The number of nitrogens with one attached hydrogen (secondary N) is 4. The van der Waals surface area contributed by atoms with Gasteiger partial charge in [0.15, 0.2) is 0 Å². The van der Waals surface area contributed by atoms with Crippen LogP contribution in [-0.4, -0.2) is 70.4 Å². The number of amides is 4. The Bertz CT molecular complexity index is 4310. The second-order valence-corrected chi connectivity index (χ2v) is 24.2. The molecule has 5 N–H and O–H groups in total. The average molecular weight is 1390 g/mol. The van der Waals surface area contributed by atoms with Crippen molar-refractivity contribution < 1.29 is 86.4 Å². The van der Waals surface area contributed by atoms with Crippen molar-refractivity contribution in [3.05, 3.63) is 293 Å². The van der Waals surface area contributed by atoms with Crippen molar-refractivity contribution in [1.82, 2.24) is 21.3 Å². The molecule has 4 amide bonds. The van der Waals surface area contributed by atoms with Crippen molar-refractivity contribution in [3.63, 3.8) is 0 Å². The first kappa shape index (κ1) is 72.4. The number of carboxylic acid groups (broad SMARTS) is 1. The van der Waals surface area contributed by atoms with E-state index in [2.05, 4.69) is 79.3 Å².